The minimum absolute atomic E-state index is 0.113. The molecule has 2 amide bonds. The van der Waals surface area contributed by atoms with Crippen LogP contribution < -0.4 is 0 Å². The van der Waals surface area contributed by atoms with Crippen molar-refractivity contribution in [3.05, 3.63) is 12.2 Å². The number of hydrogen-bond acceptors (Lipinski definition) is 4. The van der Waals surface area contributed by atoms with Crippen molar-refractivity contribution in [1.29, 1.82) is 0 Å². The smallest absolute Gasteiger partial charge is 0.255 e. The number of rotatable bonds is 3. The monoisotopic (exact) mass is 203 g/mol. The van der Waals surface area contributed by atoms with E-state index in [1.807, 2.05) is 0 Å². The predicted octanol–water partition coefficient (Wildman–Crippen LogP) is -0.193. The van der Waals surface area contributed by atoms with Gasteiger partial charge >= 0.3 is 0 Å². The van der Waals surface area contributed by atoms with Gasteiger partial charge in [-0.2, -0.15) is 0 Å². The Kier molecular flexibility index (Phi) is 2.07. The predicted molar refractivity (Wildman–Crippen MR) is 41.5 cm³/mol. The van der Waals surface area contributed by atoms with Crippen molar-refractivity contribution < 1.29 is 19.1 Å². The molecule has 0 spiro atoms. The maximum atomic E-state index is 11.0. The van der Waals surface area contributed by atoms with Crippen molar-refractivity contribution in [2.75, 3.05) is 6.73 Å². The maximum Gasteiger partial charge on any atom is 0.255 e. The molecule has 0 bridgehead atoms. The molecule has 2 aliphatic heterocycles. The molecule has 0 aromatic heterocycles. The number of amides is 2. The first-order valence-electron chi connectivity index (χ1n) is 3.63. The zero-order valence-corrected chi connectivity index (χ0v) is 7.23. The van der Waals surface area contributed by atoms with Crippen LogP contribution in [-0.2, 0) is 19.1 Å². The summed E-state index contributed by atoms with van der Waals surface area (Å²) in [6, 6.07) is 0. The Hall–Kier alpha value is -0.910. The summed E-state index contributed by atoms with van der Waals surface area (Å²) in [6.45, 7) is -0.113. The standard InChI is InChI=1S/C7H6ClNO4/c8-6-7(13-6)12-3-9-4(10)1-2-5(9)11/h1-2,6-7H,3H2. The lowest BCUT2D eigenvalue weighted by molar-refractivity contribution is -0.144. The molecule has 1 saturated heterocycles. The Balaban J connectivity index is 1.81. The number of ether oxygens (including phenoxy) is 2. The lowest BCUT2D eigenvalue weighted by Gasteiger charge is -2.11. The first-order valence-corrected chi connectivity index (χ1v) is 4.07. The van der Waals surface area contributed by atoms with E-state index in [2.05, 4.69) is 0 Å². The maximum absolute atomic E-state index is 11.0. The summed E-state index contributed by atoms with van der Waals surface area (Å²) in [5.41, 5.74) is -0.458. The lowest BCUT2D eigenvalue weighted by Crippen LogP contribution is -2.32. The van der Waals surface area contributed by atoms with Crippen molar-refractivity contribution in [2.24, 2.45) is 0 Å². The van der Waals surface area contributed by atoms with E-state index in [4.69, 9.17) is 21.1 Å². The molecule has 0 N–H and O–H groups in total. The van der Waals surface area contributed by atoms with E-state index in [9.17, 15) is 9.59 Å². The number of imide groups is 1. The molecule has 13 heavy (non-hydrogen) atoms. The number of nitrogens with zero attached hydrogens (tertiary/aromatic N) is 1. The molecule has 5 nitrogen and oxygen atoms in total. The van der Waals surface area contributed by atoms with Crippen molar-refractivity contribution in [2.45, 2.75) is 11.9 Å². The SMILES string of the molecule is O=C1C=CC(=O)N1COC1OC1Cl. The van der Waals surface area contributed by atoms with Gasteiger partial charge in [0.2, 0.25) is 6.29 Å². The van der Waals surface area contributed by atoms with Crippen LogP contribution >= 0.6 is 11.6 Å². The molecule has 0 radical (unpaired) electrons. The molecule has 0 saturated carbocycles. The van der Waals surface area contributed by atoms with E-state index >= 15 is 0 Å². The molecule has 70 valence electrons. The van der Waals surface area contributed by atoms with Crippen molar-refractivity contribution in [1.82, 2.24) is 4.90 Å². The number of carbonyl (C=O) groups is 2. The molecule has 0 aromatic rings. The molecule has 2 heterocycles. The van der Waals surface area contributed by atoms with Crippen LogP contribution in [0.5, 0.6) is 0 Å². The Bertz CT molecular complexity index is 272. The summed E-state index contributed by atoms with van der Waals surface area (Å²) in [7, 11) is 0. The first-order chi connectivity index (χ1) is 6.18. The quantitative estimate of drug-likeness (QED) is 0.362. The van der Waals surface area contributed by atoms with Crippen LogP contribution in [-0.4, -0.2) is 35.3 Å². The van der Waals surface area contributed by atoms with Gasteiger partial charge < -0.3 is 9.47 Å². The average Bonchev–Trinajstić information content (AvgIpc) is 2.69. The van der Waals surface area contributed by atoms with Crippen LogP contribution in [0.4, 0.5) is 0 Å². The fraction of sp³-hybridized carbons (Fsp3) is 0.429. The van der Waals surface area contributed by atoms with Gasteiger partial charge in [0, 0.05) is 12.2 Å². The van der Waals surface area contributed by atoms with Gasteiger partial charge in [-0.15, -0.1) is 0 Å². The Morgan fingerprint density at radius 2 is 2.00 bits per heavy atom. The molecule has 2 atom stereocenters. The third-order valence-corrected chi connectivity index (χ3v) is 1.98. The highest BCUT2D eigenvalue weighted by Gasteiger charge is 2.39. The lowest BCUT2D eigenvalue weighted by atomic mass is 10.6. The van der Waals surface area contributed by atoms with E-state index in [0.717, 1.165) is 4.90 Å². The number of hydrogen-bond donors (Lipinski definition) is 0. The van der Waals surface area contributed by atoms with Gasteiger partial charge in [-0.1, -0.05) is 11.6 Å². The largest absolute Gasteiger partial charge is 0.327 e. The minimum Gasteiger partial charge on any atom is -0.327 e. The normalized spacial score (nSPS) is 31.6. The Labute approximate surface area is 78.8 Å². The second-order valence-corrected chi connectivity index (χ2v) is 3.02. The summed E-state index contributed by atoms with van der Waals surface area (Å²) in [5.74, 6) is -0.756. The van der Waals surface area contributed by atoms with Crippen LogP contribution in [0, 0.1) is 0 Å². The van der Waals surface area contributed by atoms with Gasteiger partial charge in [0.25, 0.3) is 11.8 Å². The molecule has 2 unspecified atom stereocenters. The molecule has 1 fully saturated rings. The van der Waals surface area contributed by atoms with Crippen LogP contribution in [0.3, 0.4) is 0 Å². The van der Waals surface area contributed by atoms with Crippen LogP contribution in [0.1, 0.15) is 0 Å². The second kappa shape index (κ2) is 3.10. The van der Waals surface area contributed by atoms with E-state index in [-0.39, 0.29) is 18.5 Å². The van der Waals surface area contributed by atoms with Crippen molar-refractivity contribution in [3.63, 3.8) is 0 Å². The Morgan fingerprint density at radius 1 is 1.46 bits per heavy atom. The van der Waals surface area contributed by atoms with Gasteiger partial charge in [0.1, 0.15) is 6.73 Å². The summed E-state index contributed by atoms with van der Waals surface area (Å²) in [5, 5.41) is 0. The minimum atomic E-state index is -0.497. The molecular formula is C7H6ClNO4. The highest BCUT2D eigenvalue weighted by Crippen LogP contribution is 2.26. The number of halogens is 1. The van der Waals surface area contributed by atoms with Crippen LogP contribution in [0.15, 0.2) is 12.2 Å². The van der Waals surface area contributed by atoms with Crippen LogP contribution in [0.25, 0.3) is 0 Å². The van der Waals surface area contributed by atoms with E-state index in [1.165, 1.54) is 12.2 Å². The number of carbonyl (C=O) groups excluding carboxylic acids is 2. The second-order valence-electron chi connectivity index (χ2n) is 2.59. The van der Waals surface area contributed by atoms with Gasteiger partial charge in [-0.3, -0.25) is 14.5 Å². The van der Waals surface area contributed by atoms with E-state index in [0.29, 0.717) is 0 Å². The number of epoxide rings is 1. The summed E-state index contributed by atoms with van der Waals surface area (Å²) in [6.07, 6.45) is 1.89. The van der Waals surface area contributed by atoms with E-state index < -0.39 is 11.9 Å². The van der Waals surface area contributed by atoms with E-state index in [1.54, 1.807) is 0 Å². The molecule has 2 aliphatic rings. The Morgan fingerprint density at radius 3 is 2.46 bits per heavy atom. The van der Waals surface area contributed by atoms with Gasteiger partial charge in [-0.05, 0) is 0 Å². The van der Waals surface area contributed by atoms with Crippen molar-refractivity contribution >= 4 is 23.4 Å². The fourth-order valence-electron chi connectivity index (χ4n) is 0.904. The molecule has 0 aliphatic carbocycles. The molecular weight excluding hydrogens is 198 g/mol. The summed E-state index contributed by atoms with van der Waals surface area (Å²) >= 11 is 5.46. The molecule has 6 heteroatoms. The first kappa shape index (κ1) is 8.68. The van der Waals surface area contributed by atoms with Gasteiger partial charge in [0.05, 0.1) is 0 Å². The fourth-order valence-corrected chi connectivity index (χ4v) is 1.08. The highest BCUT2D eigenvalue weighted by atomic mass is 35.5. The number of alkyl halides is 1. The molecule has 0 aromatic carbocycles. The summed E-state index contributed by atoms with van der Waals surface area (Å²) in [4.78, 5) is 22.9. The van der Waals surface area contributed by atoms with Gasteiger partial charge in [-0.25, -0.2) is 0 Å². The van der Waals surface area contributed by atoms with Crippen molar-refractivity contribution in [3.8, 4) is 0 Å². The summed E-state index contributed by atoms with van der Waals surface area (Å²) < 4.78 is 9.70. The van der Waals surface area contributed by atoms with Gasteiger partial charge in [0.15, 0.2) is 5.56 Å². The zero-order chi connectivity index (χ0) is 9.42. The highest BCUT2D eigenvalue weighted by molar-refractivity contribution is 6.21. The third kappa shape index (κ3) is 1.72. The zero-order valence-electron chi connectivity index (χ0n) is 6.47. The third-order valence-electron chi connectivity index (χ3n) is 1.67. The topological polar surface area (TPSA) is 59.1 Å². The molecule has 2 rings (SSSR count). The van der Waals surface area contributed by atoms with Crippen LogP contribution in [0.2, 0.25) is 0 Å². The average molecular weight is 204 g/mol.